The number of hydrogen-bond donors (Lipinski definition) is 3. The molecule has 3 atom stereocenters. The summed E-state index contributed by atoms with van der Waals surface area (Å²) in [6.45, 7) is 6.65. The normalized spacial score (nSPS) is 31.5. The van der Waals surface area contributed by atoms with Crippen LogP contribution in [0.15, 0.2) is 0 Å². The van der Waals surface area contributed by atoms with Crippen LogP contribution in [0.3, 0.4) is 0 Å². The van der Waals surface area contributed by atoms with Crippen molar-refractivity contribution >= 4 is 0 Å². The summed E-state index contributed by atoms with van der Waals surface area (Å²) in [6, 6.07) is 0. The van der Waals surface area contributed by atoms with Crippen LogP contribution < -0.4 is 10.6 Å². The Bertz CT molecular complexity index is 198. The molecule has 0 aromatic rings. The van der Waals surface area contributed by atoms with Crippen LogP contribution in [0, 0.1) is 17.8 Å². The summed E-state index contributed by atoms with van der Waals surface area (Å²) < 4.78 is 0. The summed E-state index contributed by atoms with van der Waals surface area (Å²) in [4.78, 5) is 0. The Balaban J connectivity index is 1.90. The summed E-state index contributed by atoms with van der Waals surface area (Å²) in [5.41, 5.74) is 0. The molecule has 0 aliphatic carbocycles. The van der Waals surface area contributed by atoms with Gasteiger partial charge in [0.25, 0.3) is 0 Å². The third-order valence-electron chi connectivity index (χ3n) is 4.48. The van der Waals surface area contributed by atoms with Crippen LogP contribution in [0.5, 0.6) is 0 Å². The fraction of sp³-hybridized carbons (Fsp3) is 1.00. The number of nitrogens with one attached hydrogen (secondary N) is 2. The lowest BCUT2D eigenvalue weighted by Crippen LogP contribution is -2.40. The minimum absolute atomic E-state index is 0.0722. The van der Waals surface area contributed by atoms with E-state index in [9.17, 15) is 5.11 Å². The topological polar surface area (TPSA) is 44.3 Å². The summed E-state index contributed by atoms with van der Waals surface area (Å²) in [5, 5.41) is 17.3. The van der Waals surface area contributed by atoms with Crippen molar-refractivity contribution in [1.29, 1.82) is 0 Å². The van der Waals surface area contributed by atoms with Gasteiger partial charge in [-0.15, -0.1) is 0 Å². The largest absolute Gasteiger partial charge is 0.393 e. The maximum Gasteiger partial charge on any atom is 0.0600 e. The van der Waals surface area contributed by atoms with Crippen molar-refractivity contribution in [2.45, 2.75) is 38.7 Å². The van der Waals surface area contributed by atoms with Gasteiger partial charge in [-0.25, -0.2) is 0 Å². The number of aliphatic hydroxyl groups is 1. The van der Waals surface area contributed by atoms with E-state index < -0.39 is 0 Å². The highest BCUT2D eigenvalue weighted by Crippen LogP contribution is 2.31. The monoisotopic (exact) mass is 226 g/mol. The van der Waals surface area contributed by atoms with E-state index in [1.165, 1.54) is 6.42 Å². The van der Waals surface area contributed by atoms with Crippen molar-refractivity contribution in [3.05, 3.63) is 0 Å². The van der Waals surface area contributed by atoms with Crippen LogP contribution in [0.25, 0.3) is 0 Å². The third-order valence-corrected chi connectivity index (χ3v) is 4.48. The molecular weight excluding hydrogens is 200 g/mol. The molecule has 3 unspecified atom stereocenters. The lowest BCUT2D eigenvalue weighted by molar-refractivity contribution is 0.0129. The number of piperidine rings is 1. The van der Waals surface area contributed by atoms with E-state index in [0.29, 0.717) is 17.8 Å². The molecule has 0 amide bonds. The molecule has 16 heavy (non-hydrogen) atoms. The minimum atomic E-state index is -0.0722. The highest BCUT2D eigenvalue weighted by Gasteiger charge is 2.33. The van der Waals surface area contributed by atoms with E-state index >= 15 is 0 Å². The molecule has 2 saturated heterocycles. The van der Waals surface area contributed by atoms with E-state index in [1.54, 1.807) is 0 Å². The Hall–Kier alpha value is -0.120. The molecule has 0 bridgehead atoms. The van der Waals surface area contributed by atoms with Crippen LogP contribution in [0.1, 0.15) is 32.6 Å². The second kappa shape index (κ2) is 5.99. The number of hydrogen-bond acceptors (Lipinski definition) is 3. The Labute approximate surface area is 99.0 Å². The second-order valence-corrected chi connectivity index (χ2v) is 5.40. The molecule has 0 saturated carbocycles. The van der Waals surface area contributed by atoms with E-state index in [4.69, 9.17) is 0 Å². The SMILES string of the molecule is CCC(C1CCNC1)C(O)C1CCNCC1. The Morgan fingerprint density at radius 3 is 2.25 bits per heavy atom. The van der Waals surface area contributed by atoms with Crippen molar-refractivity contribution in [3.8, 4) is 0 Å². The maximum absolute atomic E-state index is 10.5. The summed E-state index contributed by atoms with van der Waals surface area (Å²) in [5.74, 6) is 1.75. The number of aliphatic hydroxyl groups excluding tert-OH is 1. The molecule has 2 rings (SSSR count). The van der Waals surface area contributed by atoms with Crippen LogP contribution in [-0.4, -0.2) is 37.4 Å². The first-order valence-electron chi connectivity index (χ1n) is 6.92. The van der Waals surface area contributed by atoms with Gasteiger partial charge in [0.1, 0.15) is 0 Å². The van der Waals surface area contributed by atoms with Crippen LogP contribution >= 0.6 is 0 Å². The fourth-order valence-electron chi connectivity index (χ4n) is 3.43. The van der Waals surface area contributed by atoms with Gasteiger partial charge in [0.2, 0.25) is 0 Å². The minimum Gasteiger partial charge on any atom is -0.393 e. The molecular formula is C13H26N2O. The maximum atomic E-state index is 10.5. The molecule has 2 aliphatic heterocycles. The van der Waals surface area contributed by atoms with Gasteiger partial charge >= 0.3 is 0 Å². The molecule has 94 valence electrons. The molecule has 2 fully saturated rings. The predicted molar refractivity (Wildman–Crippen MR) is 66.4 cm³/mol. The molecule has 0 spiro atoms. The molecule has 2 aliphatic rings. The predicted octanol–water partition coefficient (Wildman–Crippen LogP) is 0.983. The van der Waals surface area contributed by atoms with Crippen LogP contribution in [0.2, 0.25) is 0 Å². The standard InChI is InChI=1S/C13H26N2O/c1-2-12(11-5-8-15-9-11)13(16)10-3-6-14-7-4-10/h10-16H,2-9H2,1H3. The van der Waals surface area contributed by atoms with Gasteiger partial charge in [-0.1, -0.05) is 13.3 Å². The highest BCUT2D eigenvalue weighted by atomic mass is 16.3. The zero-order valence-corrected chi connectivity index (χ0v) is 10.4. The Morgan fingerprint density at radius 1 is 1.06 bits per heavy atom. The van der Waals surface area contributed by atoms with Gasteiger partial charge in [-0.3, -0.25) is 0 Å². The molecule has 0 radical (unpaired) electrons. The van der Waals surface area contributed by atoms with Crippen LogP contribution in [-0.2, 0) is 0 Å². The summed E-state index contributed by atoms with van der Waals surface area (Å²) in [7, 11) is 0. The van der Waals surface area contributed by atoms with Crippen molar-refractivity contribution in [1.82, 2.24) is 10.6 Å². The average molecular weight is 226 g/mol. The van der Waals surface area contributed by atoms with E-state index in [-0.39, 0.29) is 6.10 Å². The Kier molecular flexibility index (Phi) is 4.62. The first-order valence-corrected chi connectivity index (χ1v) is 6.92. The Morgan fingerprint density at radius 2 is 1.69 bits per heavy atom. The van der Waals surface area contributed by atoms with E-state index in [0.717, 1.165) is 45.4 Å². The van der Waals surface area contributed by atoms with Crippen molar-refractivity contribution in [3.63, 3.8) is 0 Å². The van der Waals surface area contributed by atoms with E-state index in [1.807, 2.05) is 0 Å². The summed E-state index contributed by atoms with van der Waals surface area (Å²) >= 11 is 0. The number of rotatable bonds is 4. The first-order chi connectivity index (χ1) is 7.83. The fourth-order valence-corrected chi connectivity index (χ4v) is 3.43. The van der Waals surface area contributed by atoms with Gasteiger partial charge in [0.15, 0.2) is 0 Å². The molecule has 0 aromatic heterocycles. The molecule has 3 heteroatoms. The van der Waals surface area contributed by atoms with Crippen LogP contribution in [0.4, 0.5) is 0 Å². The lowest BCUT2D eigenvalue weighted by atomic mass is 9.77. The zero-order valence-electron chi connectivity index (χ0n) is 10.4. The lowest BCUT2D eigenvalue weighted by Gasteiger charge is -2.35. The molecule has 2 heterocycles. The summed E-state index contributed by atoms with van der Waals surface area (Å²) in [6.07, 6.45) is 4.60. The van der Waals surface area contributed by atoms with Gasteiger partial charge in [-0.05, 0) is 63.2 Å². The van der Waals surface area contributed by atoms with Gasteiger partial charge in [-0.2, -0.15) is 0 Å². The smallest absolute Gasteiger partial charge is 0.0600 e. The zero-order chi connectivity index (χ0) is 11.4. The highest BCUT2D eigenvalue weighted by molar-refractivity contribution is 4.86. The van der Waals surface area contributed by atoms with Crippen molar-refractivity contribution in [2.24, 2.45) is 17.8 Å². The molecule has 3 N–H and O–H groups in total. The molecule has 0 aromatic carbocycles. The van der Waals surface area contributed by atoms with Gasteiger partial charge in [0, 0.05) is 0 Å². The van der Waals surface area contributed by atoms with Crippen molar-refractivity contribution in [2.75, 3.05) is 26.2 Å². The quantitative estimate of drug-likeness (QED) is 0.669. The van der Waals surface area contributed by atoms with E-state index in [2.05, 4.69) is 17.6 Å². The van der Waals surface area contributed by atoms with Gasteiger partial charge < -0.3 is 15.7 Å². The van der Waals surface area contributed by atoms with Gasteiger partial charge in [0.05, 0.1) is 6.10 Å². The third kappa shape index (κ3) is 2.76. The molecule has 3 nitrogen and oxygen atoms in total. The average Bonchev–Trinajstić information content (AvgIpc) is 2.85. The second-order valence-electron chi connectivity index (χ2n) is 5.40. The first kappa shape index (κ1) is 12.3. The van der Waals surface area contributed by atoms with Crippen molar-refractivity contribution < 1.29 is 5.11 Å².